The summed E-state index contributed by atoms with van der Waals surface area (Å²) in [6, 6.07) is 15.4. The van der Waals surface area contributed by atoms with E-state index in [0.717, 1.165) is 45.1 Å². The summed E-state index contributed by atoms with van der Waals surface area (Å²) in [6.45, 7) is 7.54. The molecule has 1 amide bonds. The van der Waals surface area contributed by atoms with Gasteiger partial charge < -0.3 is 4.90 Å². The second kappa shape index (κ2) is 7.59. The number of benzene rings is 2. The Labute approximate surface area is 152 Å². The fourth-order valence-corrected chi connectivity index (χ4v) is 4.42. The number of carbonyl (C=O) groups excluding carboxylic acids is 1. The monoisotopic (exact) mass is 337 g/mol. The van der Waals surface area contributed by atoms with E-state index >= 15 is 0 Å². The maximum absolute atomic E-state index is 13.3. The van der Waals surface area contributed by atoms with Gasteiger partial charge in [0.15, 0.2) is 0 Å². The number of fused-ring (bicyclic) bond motifs is 1. The van der Waals surface area contributed by atoms with Crippen LogP contribution in [-0.2, 0) is 11.2 Å². The molecular weight excluding hydrogens is 306 g/mol. The average Bonchev–Trinajstić information content (AvgIpc) is 2.90. The predicted molar refractivity (Wildman–Crippen MR) is 106 cm³/mol. The Bertz CT molecular complexity index is 726. The number of likely N-dealkylation sites (tertiary alicyclic amines) is 1. The molecule has 0 radical (unpaired) electrons. The summed E-state index contributed by atoms with van der Waals surface area (Å²) in [6.07, 6.45) is 6.37. The van der Waals surface area contributed by atoms with Crippen LogP contribution in [0.15, 0.2) is 42.5 Å². The van der Waals surface area contributed by atoms with Crippen molar-refractivity contribution in [1.82, 2.24) is 4.90 Å². The lowest BCUT2D eigenvalue weighted by molar-refractivity contribution is -0.137. The van der Waals surface area contributed by atoms with Crippen LogP contribution in [-0.4, -0.2) is 23.4 Å². The molecule has 1 atom stereocenters. The molecule has 1 unspecified atom stereocenters. The number of hydrogen-bond acceptors (Lipinski definition) is 1. The van der Waals surface area contributed by atoms with Crippen LogP contribution in [0.5, 0.6) is 0 Å². The van der Waals surface area contributed by atoms with Crippen LogP contribution in [0.2, 0.25) is 0 Å². The Morgan fingerprint density at radius 3 is 2.44 bits per heavy atom. The molecule has 134 valence electrons. The van der Waals surface area contributed by atoms with Crippen LogP contribution in [0.4, 0.5) is 0 Å². The lowest BCUT2D eigenvalue weighted by Crippen LogP contribution is -2.40. The minimum absolute atomic E-state index is 0.260. The van der Waals surface area contributed by atoms with Gasteiger partial charge in [-0.05, 0) is 42.0 Å². The largest absolute Gasteiger partial charge is 0.339 e. The Morgan fingerprint density at radius 1 is 1.04 bits per heavy atom. The highest BCUT2D eigenvalue weighted by Gasteiger charge is 2.44. The summed E-state index contributed by atoms with van der Waals surface area (Å²) >= 11 is 0. The maximum atomic E-state index is 13.3. The van der Waals surface area contributed by atoms with Crippen LogP contribution in [0.1, 0.15) is 58.4 Å². The third kappa shape index (κ3) is 3.58. The molecule has 2 heteroatoms. The molecule has 2 aromatic rings. The Hall–Kier alpha value is -1.83. The van der Waals surface area contributed by atoms with Crippen LogP contribution in [0.3, 0.4) is 0 Å². The van der Waals surface area contributed by atoms with Crippen molar-refractivity contribution in [2.45, 2.75) is 65.3 Å². The molecule has 0 aromatic heterocycles. The van der Waals surface area contributed by atoms with Crippen LogP contribution in [0.25, 0.3) is 10.8 Å². The molecule has 0 spiro atoms. The number of rotatable bonds is 7. The molecule has 0 N–H and O–H groups in total. The summed E-state index contributed by atoms with van der Waals surface area (Å²) in [5.74, 6) is 0.368. The third-order valence-corrected chi connectivity index (χ3v) is 5.83. The van der Waals surface area contributed by atoms with E-state index in [2.05, 4.69) is 68.1 Å². The van der Waals surface area contributed by atoms with Crippen molar-refractivity contribution in [3.05, 3.63) is 48.0 Å². The molecule has 0 aliphatic carbocycles. The number of hydrogen-bond donors (Lipinski definition) is 0. The number of amides is 1. The van der Waals surface area contributed by atoms with E-state index in [9.17, 15) is 4.79 Å². The van der Waals surface area contributed by atoms with Gasteiger partial charge in [0, 0.05) is 12.6 Å². The minimum atomic E-state index is -0.260. The highest BCUT2D eigenvalue weighted by Crippen LogP contribution is 2.38. The normalized spacial score (nSPS) is 20.8. The van der Waals surface area contributed by atoms with E-state index in [1.165, 1.54) is 16.3 Å². The zero-order valence-electron chi connectivity index (χ0n) is 15.9. The van der Waals surface area contributed by atoms with Crippen molar-refractivity contribution >= 4 is 16.7 Å². The summed E-state index contributed by atoms with van der Waals surface area (Å²) in [5, 5.41) is 2.55. The molecule has 2 aromatic carbocycles. The number of carbonyl (C=O) groups is 1. The highest BCUT2D eigenvalue weighted by atomic mass is 16.2. The topological polar surface area (TPSA) is 20.3 Å². The molecule has 1 fully saturated rings. The van der Waals surface area contributed by atoms with E-state index in [-0.39, 0.29) is 5.41 Å². The van der Waals surface area contributed by atoms with Gasteiger partial charge >= 0.3 is 0 Å². The smallest absolute Gasteiger partial charge is 0.229 e. The van der Waals surface area contributed by atoms with Crippen molar-refractivity contribution in [1.29, 1.82) is 0 Å². The van der Waals surface area contributed by atoms with Gasteiger partial charge in [-0.25, -0.2) is 0 Å². The summed E-state index contributed by atoms with van der Waals surface area (Å²) in [5.41, 5.74) is 1.04. The van der Waals surface area contributed by atoms with Gasteiger partial charge in [-0.2, -0.15) is 0 Å². The quantitative estimate of drug-likeness (QED) is 0.645. The van der Waals surface area contributed by atoms with Crippen molar-refractivity contribution < 1.29 is 4.79 Å². The third-order valence-electron chi connectivity index (χ3n) is 5.83. The minimum Gasteiger partial charge on any atom is -0.339 e. The van der Waals surface area contributed by atoms with Gasteiger partial charge in [-0.3, -0.25) is 4.79 Å². The summed E-state index contributed by atoms with van der Waals surface area (Å²) < 4.78 is 0. The summed E-state index contributed by atoms with van der Waals surface area (Å²) in [4.78, 5) is 15.5. The second-order valence-corrected chi connectivity index (χ2v) is 7.86. The molecule has 1 aliphatic rings. The van der Waals surface area contributed by atoms with Crippen LogP contribution < -0.4 is 0 Å². The first-order valence-corrected chi connectivity index (χ1v) is 9.86. The van der Waals surface area contributed by atoms with Gasteiger partial charge in [0.05, 0.1) is 5.41 Å². The van der Waals surface area contributed by atoms with E-state index in [0.29, 0.717) is 11.9 Å². The van der Waals surface area contributed by atoms with Gasteiger partial charge in [-0.15, -0.1) is 0 Å². The second-order valence-electron chi connectivity index (χ2n) is 7.86. The zero-order valence-corrected chi connectivity index (χ0v) is 15.9. The Kier molecular flexibility index (Phi) is 5.46. The zero-order chi connectivity index (χ0) is 17.9. The van der Waals surface area contributed by atoms with Crippen molar-refractivity contribution in [2.75, 3.05) is 6.54 Å². The molecule has 0 bridgehead atoms. The molecular formula is C23H31NO. The van der Waals surface area contributed by atoms with Gasteiger partial charge in [0.2, 0.25) is 5.91 Å². The van der Waals surface area contributed by atoms with E-state index in [1.54, 1.807) is 0 Å². The fraction of sp³-hybridized carbons (Fsp3) is 0.522. The molecule has 2 nitrogen and oxygen atoms in total. The average molecular weight is 338 g/mol. The van der Waals surface area contributed by atoms with Crippen LogP contribution in [0, 0.1) is 5.41 Å². The fourth-order valence-electron chi connectivity index (χ4n) is 4.42. The highest BCUT2D eigenvalue weighted by molar-refractivity contribution is 5.88. The molecule has 0 saturated carbocycles. The van der Waals surface area contributed by atoms with Gasteiger partial charge in [0.1, 0.15) is 0 Å². The van der Waals surface area contributed by atoms with E-state index < -0.39 is 0 Å². The number of nitrogens with zero attached hydrogens (tertiary/aromatic N) is 1. The molecule has 3 rings (SSSR count). The Balaban J connectivity index is 1.83. The maximum Gasteiger partial charge on any atom is 0.229 e. The molecule has 1 aliphatic heterocycles. The first kappa shape index (κ1) is 18.0. The Morgan fingerprint density at radius 2 is 1.72 bits per heavy atom. The summed E-state index contributed by atoms with van der Waals surface area (Å²) in [7, 11) is 0. The predicted octanol–water partition coefficient (Wildman–Crippen LogP) is 5.59. The lowest BCUT2D eigenvalue weighted by atomic mass is 9.81. The molecule has 25 heavy (non-hydrogen) atoms. The van der Waals surface area contributed by atoms with Gasteiger partial charge in [-0.1, -0.05) is 76.1 Å². The van der Waals surface area contributed by atoms with Crippen molar-refractivity contribution in [2.24, 2.45) is 5.41 Å². The first-order valence-electron chi connectivity index (χ1n) is 9.86. The van der Waals surface area contributed by atoms with E-state index in [4.69, 9.17) is 0 Å². The molecule has 1 saturated heterocycles. The van der Waals surface area contributed by atoms with Gasteiger partial charge in [0.25, 0.3) is 0 Å². The van der Waals surface area contributed by atoms with Crippen molar-refractivity contribution in [3.63, 3.8) is 0 Å². The first-order chi connectivity index (χ1) is 12.1. The van der Waals surface area contributed by atoms with Crippen LogP contribution >= 0.6 is 0 Å². The van der Waals surface area contributed by atoms with Crippen molar-refractivity contribution in [3.8, 4) is 0 Å². The lowest BCUT2D eigenvalue weighted by Gasteiger charge is -2.30. The van der Waals surface area contributed by atoms with E-state index in [1.807, 2.05) is 0 Å². The molecule has 1 heterocycles. The SMILES string of the molecule is CCCC(CCC)N1CCC(C)(Cc2cccc3ccccc23)C1=O. The standard InChI is InChI=1S/C23H31NO/c1-4-9-20(10-5-2)24-16-15-23(3,22(24)25)17-19-13-8-12-18-11-6-7-14-21(18)19/h6-8,11-14,20H,4-5,9-10,15-17H2,1-3H3.